The molecular weight excluding hydrogens is 296 g/mol. The van der Waals surface area contributed by atoms with Gasteiger partial charge in [-0.25, -0.2) is 0 Å². The van der Waals surface area contributed by atoms with Crippen molar-refractivity contribution in [1.29, 1.82) is 0 Å². The van der Waals surface area contributed by atoms with Gasteiger partial charge in [-0.05, 0) is 32.8 Å². The molecule has 0 amide bonds. The predicted octanol–water partition coefficient (Wildman–Crippen LogP) is 4.47. The third-order valence-electron chi connectivity index (χ3n) is 2.43. The maximum atomic E-state index is 5.68. The number of hydrogen-bond acceptors (Lipinski definition) is 2. The maximum Gasteiger partial charge on any atom is 0.134 e. The Morgan fingerprint density at radius 3 is 2.76 bits per heavy atom. The molecule has 0 aliphatic heterocycles. The van der Waals surface area contributed by atoms with Crippen molar-refractivity contribution in [3.8, 4) is 5.75 Å². The summed E-state index contributed by atoms with van der Waals surface area (Å²) in [5.74, 6) is 1.61. The zero-order valence-electron chi connectivity index (χ0n) is 9.27. The molecule has 0 heterocycles. The molecule has 0 aliphatic rings. The second-order valence-corrected chi connectivity index (χ2v) is 4.72. The maximum absolute atomic E-state index is 5.68. The van der Waals surface area contributed by atoms with Crippen molar-refractivity contribution >= 4 is 39.3 Å². The van der Waals surface area contributed by atoms with Crippen LogP contribution in [0.15, 0.2) is 53.0 Å². The van der Waals surface area contributed by atoms with E-state index in [1.54, 1.807) is 0 Å². The van der Waals surface area contributed by atoms with Gasteiger partial charge in [0.25, 0.3) is 0 Å². The van der Waals surface area contributed by atoms with E-state index in [-0.39, 0.29) is 0 Å². The average molecular weight is 309 g/mol. The van der Waals surface area contributed by atoms with E-state index in [9.17, 15) is 0 Å². The van der Waals surface area contributed by atoms with Crippen LogP contribution in [0.3, 0.4) is 0 Å². The molecule has 0 atom stereocenters. The molecule has 0 bridgehead atoms. The highest BCUT2D eigenvalue weighted by molar-refractivity contribution is 9.10. The molecule has 88 valence electrons. The molecule has 0 radical (unpaired) electrons. The van der Waals surface area contributed by atoms with E-state index < -0.39 is 0 Å². The standard InChI is InChI=1S/C14H13BrOS/c15-14-12-6-2-1-5-11(12)7-8-13(14)16-9-3-4-10-17/h1-8,17H,9-10H2. The van der Waals surface area contributed by atoms with Crippen LogP contribution < -0.4 is 4.74 Å². The lowest BCUT2D eigenvalue weighted by molar-refractivity contribution is 0.361. The van der Waals surface area contributed by atoms with Crippen molar-refractivity contribution in [3.05, 3.63) is 53.0 Å². The van der Waals surface area contributed by atoms with E-state index in [0.29, 0.717) is 6.61 Å². The van der Waals surface area contributed by atoms with Crippen molar-refractivity contribution in [2.45, 2.75) is 0 Å². The molecule has 0 aromatic heterocycles. The Morgan fingerprint density at radius 2 is 1.94 bits per heavy atom. The quantitative estimate of drug-likeness (QED) is 0.648. The molecule has 2 aromatic carbocycles. The van der Waals surface area contributed by atoms with Crippen molar-refractivity contribution in [2.24, 2.45) is 0 Å². The Kier molecular flexibility index (Phi) is 4.51. The number of fused-ring (bicyclic) bond motifs is 1. The fourth-order valence-corrected chi connectivity index (χ4v) is 2.36. The zero-order valence-corrected chi connectivity index (χ0v) is 11.7. The van der Waals surface area contributed by atoms with Gasteiger partial charge in [-0.15, -0.1) is 0 Å². The van der Waals surface area contributed by atoms with E-state index >= 15 is 0 Å². The van der Waals surface area contributed by atoms with E-state index in [1.807, 2.05) is 30.4 Å². The monoisotopic (exact) mass is 308 g/mol. The Balaban J connectivity index is 2.23. The lowest BCUT2D eigenvalue weighted by Crippen LogP contribution is -1.94. The number of thiol groups is 1. The third-order valence-corrected chi connectivity index (χ3v) is 3.46. The molecule has 3 heteroatoms. The molecule has 2 aromatic rings. The molecule has 1 nitrogen and oxygen atoms in total. The minimum Gasteiger partial charge on any atom is -0.488 e. The van der Waals surface area contributed by atoms with Crippen LogP contribution in [0.1, 0.15) is 0 Å². The molecular formula is C14H13BrOS. The number of benzene rings is 2. The fourth-order valence-electron chi connectivity index (χ4n) is 1.61. The van der Waals surface area contributed by atoms with Crippen LogP contribution in [0.5, 0.6) is 5.75 Å². The number of rotatable bonds is 4. The number of halogens is 1. The van der Waals surface area contributed by atoms with Crippen LogP contribution in [0.25, 0.3) is 10.8 Å². The van der Waals surface area contributed by atoms with Gasteiger partial charge in [0.2, 0.25) is 0 Å². The molecule has 2 rings (SSSR count). The summed E-state index contributed by atoms with van der Waals surface area (Å²) >= 11 is 7.68. The number of hydrogen-bond donors (Lipinski definition) is 1. The summed E-state index contributed by atoms with van der Waals surface area (Å²) in [6.07, 6.45) is 3.94. The van der Waals surface area contributed by atoms with Crippen LogP contribution in [0.4, 0.5) is 0 Å². The minimum absolute atomic E-state index is 0.567. The summed E-state index contributed by atoms with van der Waals surface area (Å²) in [6.45, 7) is 0.567. The van der Waals surface area contributed by atoms with Gasteiger partial charge in [0.15, 0.2) is 0 Å². The average Bonchev–Trinajstić information content (AvgIpc) is 2.37. The van der Waals surface area contributed by atoms with Crippen molar-refractivity contribution < 1.29 is 4.74 Å². The summed E-state index contributed by atoms with van der Waals surface area (Å²) in [5.41, 5.74) is 0. The van der Waals surface area contributed by atoms with Crippen molar-refractivity contribution in [1.82, 2.24) is 0 Å². The van der Waals surface area contributed by atoms with Crippen molar-refractivity contribution in [2.75, 3.05) is 12.4 Å². The highest BCUT2D eigenvalue weighted by Crippen LogP contribution is 2.32. The van der Waals surface area contributed by atoms with Gasteiger partial charge in [0, 0.05) is 5.75 Å². The van der Waals surface area contributed by atoms with Crippen LogP contribution in [0.2, 0.25) is 0 Å². The van der Waals surface area contributed by atoms with Gasteiger partial charge < -0.3 is 4.74 Å². The largest absolute Gasteiger partial charge is 0.488 e. The Labute approximate surface area is 115 Å². The molecule has 0 spiro atoms. The first-order valence-corrected chi connectivity index (χ1v) is 6.81. The second kappa shape index (κ2) is 6.12. The molecule has 17 heavy (non-hydrogen) atoms. The highest BCUT2D eigenvalue weighted by Gasteiger charge is 2.04. The summed E-state index contributed by atoms with van der Waals surface area (Å²) in [5, 5.41) is 2.38. The predicted molar refractivity (Wildman–Crippen MR) is 80.1 cm³/mol. The van der Waals surface area contributed by atoms with Crippen molar-refractivity contribution in [3.63, 3.8) is 0 Å². The minimum atomic E-state index is 0.567. The Morgan fingerprint density at radius 1 is 1.12 bits per heavy atom. The van der Waals surface area contributed by atoms with Gasteiger partial charge in [0.1, 0.15) is 12.4 Å². The summed E-state index contributed by atoms with van der Waals surface area (Å²) in [7, 11) is 0. The van der Waals surface area contributed by atoms with Crippen LogP contribution in [-0.2, 0) is 0 Å². The molecule has 0 fully saturated rings. The Bertz CT molecular complexity index is 537. The zero-order chi connectivity index (χ0) is 12.1. The SMILES string of the molecule is SCC=CCOc1ccc2ccccc2c1Br. The molecule has 0 unspecified atom stereocenters. The fraction of sp³-hybridized carbons (Fsp3) is 0.143. The van der Waals surface area contributed by atoms with Crippen LogP contribution >= 0.6 is 28.6 Å². The first-order valence-electron chi connectivity index (χ1n) is 5.39. The van der Waals surface area contributed by atoms with E-state index in [1.165, 1.54) is 10.8 Å². The van der Waals surface area contributed by atoms with Gasteiger partial charge >= 0.3 is 0 Å². The van der Waals surface area contributed by atoms with Gasteiger partial charge in [-0.3, -0.25) is 0 Å². The van der Waals surface area contributed by atoms with Crippen LogP contribution in [-0.4, -0.2) is 12.4 Å². The summed E-state index contributed by atoms with van der Waals surface area (Å²) in [4.78, 5) is 0. The lowest BCUT2D eigenvalue weighted by Gasteiger charge is -2.08. The lowest BCUT2D eigenvalue weighted by atomic mass is 10.1. The molecule has 0 saturated heterocycles. The summed E-state index contributed by atoms with van der Waals surface area (Å²) < 4.78 is 6.69. The van der Waals surface area contributed by atoms with Crippen LogP contribution in [0, 0.1) is 0 Å². The second-order valence-electron chi connectivity index (χ2n) is 3.56. The summed E-state index contributed by atoms with van der Waals surface area (Å²) in [6, 6.07) is 12.3. The first kappa shape index (κ1) is 12.5. The molecule has 0 aliphatic carbocycles. The number of ether oxygens (including phenoxy) is 1. The Hall–Kier alpha value is -0.930. The molecule has 0 N–H and O–H groups in total. The normalized spacial score (nSPS) is 11.2. The third kappa shape index (κ3) is 3.05. The topological polar surface area (TPSA) is 9.23 Å². The first-order chi connectivity index (χ1) is 8.33. The molecule has 0 saturated carbocycles. The van der Waals surface area contributed by atoms with E-state index in [0.717, 1.165) is 16.0 Å². The highest BCUT2D eigenvalue weighted by atomic mass is 79.9. The van der Waals surface area contributed by atoms with Gasteiger partial charge in [0.05, 0.1) is 4.47 Å². The van der Waals surface area contributed by atoms with Gasteiger partial charge in [-0.1, -0.05) is 42.5 Å². The van der Waals surface area contributed by atoms with E-state index in [4.69, 9.17) is 4.74 Å². The van der Waals surface area contributed by atoms with E-state index in [2.05, 4.69) is 46.8 Å². The smallest absolute Gasteiger partial charge is 0.134 e. The van der Waals surface area contributed by atoms with Gasteiger partial charge in [-0.2, -0.15) is 12.6 Å².